The molecule has 0 bridgehead atoms. The van der Waals surface area contributed by atoms with Crippen molar-refractivity contribution in [3.8, 4) is 11.4 Å². The molecule has 1 fully saturated rings. The van der Waals surface area contributed by atoms with Crippen LogP contribution in [0.15, 0.2) is 54.1 Å². The van der Waals surface area contributed by atoms with Gasteiger partial charge in [-0.25, -0.2) is 14.1 Å². The molecule has 35 heavy (non-hydrogen) atoms. The number of halogens is 1. The number of nitro benzene ring substituents is 1. The number of aryl methyl sites for hydroxylation is 1. The van der Waals surface area contributed by atoms with E-state index in [1.54, 1.807) is 36.6 Å². The van der Waals surface area contributed by atoms with Crippen LogP contribution < -0.4 is 15.0 Å². The van der Waals surface area contributed by atoms with Gasteiger partial charge in [0.05, 0.1) is 23.8 Å². The number of ether oxygens (including phenoxy) is 1. The average Bonchev–Trinajstić information content (AvgIpc) is 3.09. The molecule has 4 amide bonds. The van der Waals surface area contributed by atoms with Gasteiger partial charge in [0, 0.05) is 11.4 Å². The van der Waals surface area contributed by atoms with E-state index in [4.69, 9.17) is 4.74 Å². The lowest BCUT2D eigenvalue weighted by atomic mass is 10.1. The van der Waals surface area contributed by atoms with Crippen LogP contribution in [0.4, 0.5) is 20.6 Å². The molecule has 0 saturated carbocycles. The molecule has 2 heterocycles. The van der Waals surface area contributed by atoms with E-state index in [0.717, 1.165) is 17.0 Å². The number of hydrogen-bond donors (Lipinski definition) is 1. The smallest absolute Gasteiger partial charge is 0.335 e. The van der Waals surface area contributed by atoms with Gasteiger partial charge in [0.2, 0.25) is 0 Å². The first kappa shape index (κ1) is 23.4. The number of methoxy groups -OCH3 is 1. The van der Waals surface area contributed by atoms with Crippen LogP contribution in [0.3, 0.4) is 0 Å². The summed E-state index contributed by atoms with van der Waals surface area (Å²) in [6.07, 6.45) is 1.31. The fourth-order valence-corrected chi connectivity index (χ4v) is 3.91. The minimum atomic E-state index is -0.955. The molecule has 2 aromatic carbocycles. The van der Waals surface area contributed by atoms with Crippen LogP contribution in [0.1, 0.15) is 17.0 Å². The number of rotatable bonds is 5. The Hall–Kier alpha value is -4.80. The Morgan fingerprint density at radius 1 is 1.06 bits per heavy atom. The first-order valence-corrected chi connectivity index (χ1v) is 10.3. The zero-order valence-corrected chi connectivity index (χ0v) is 18.9. The van der Waals surface area contributed by atoms with Gasteiger partial charge in [0.1, 0.15) is 22.8 Å². The third kappa shape index (κ3) is 4.14. The molecule has 1 aromatic heterocycles. The molecule has 10 nitrogen and oxygen atoms in total. The van der Waals surface area contributed by atoms with Gasteiger partial charge < -0.3 is 9.30 Å². The van der Waals surface area contributed by atoms with Crippen molar-refractivity contribution >= 4 is 35.3 Å². The zero-order valence-electron chi connectivity index (χ0n) is 18.9. The van der Waals surface area contributed by atoms with E-state index >= 15 is 0 Å². The van der Waals surface area contributed by atoms with Crippen molar-refractivity contribution in [3.63, 3.8) is 0 Å². The van der Waals surface area contributed by atoms with Crippen molar-refractivity contribution in [2.24, 2.45) is 0 Å². The Morgan fingerprint density at radius 2 is 1.74 bits per heavy atom. The third-order valence-corrected chi connectivity index (χ3v) is 5.58. The van der Waals surface area contributed by atoms with E-state index in [1.807, 2.05) is 0 Å². The van der Waals surface area contributed by atoms with Crippen molar-refractivity contribution < 1.29 is 28.4 Å². The molecule has 178 valence electrons. The molecular formula is C24H19FN4O6. The summed E-state index contributed by atoms with van der Waals surface area (Å²) in [5, 5.41) is 13.8. The molecular weight excluding hydrogens is 459 g/mol. The zero-order chi connectivity index (χ0) is 25.4. The number of hydrogen-bond acceptors (Lipinski definition) is 6. The van der Waals surface area contributed by atoms with Crippen LogP contribution in [0.2, 0.25) is 0 Å². The molecule has 1 aliphatic rings. The highest BCUT2D eigenvalue weighted by atomic mass is 19.1. The van der Waals surface area contributed by atoms with Gasteiger partial charge in [-0.3, -0.25) is 25.0 Å². The second-order valence-electron chi connectivity index (χ2n) is 7.71. The summed E-state index contributed by atoms with van der Waals surface area (Å²) in [6.45, 7) is 3.40. The molecule has 11 heteroatoms. The van der Waals surface area contributed by atoms with Gasteiger partial charge >= 0.3 is 6.03 Å². The summed E-state index contributed by atoms with van der Waals surface area (Å²) in [5.41, 5.74) is 1.43. The summed E-state index contributed by atoms with van der Waals surface area (Å²) in [6, 6.07) is 9.81. The van der Waals surface area contributed by atoms with Gasteiger partial charge in [-0.2, -0.15) is 0 Å². The quantitative estimate of drug-likeness (QED) is 0.257. The van der Waals surface area contributed by atoms with E-state index in [0.29, 0.717) is 22.7 Å². The Bertz CT molecular complexity index is 1420. The number of barbiturate groups is 1. The number of anilines is 1. The van der Waals surface area contributed by atoms with Crippen LogP contribution in [0.5, 0.6) is 5.75 Å². The van der Waals surface area contributed by atoms with Gasteiger partial charge in [-0.1, -0.05) is 0 Å². The lowest BCUT2D eigenvalue weighted by molar-refractivity contribution is -0.384. The fraction of sp³-hybridized carbons (Fsp3) is 0.125. The summed E-state index contributed by atoms with van der Waals surface area (Å²) >= 11 is 0. The highest BCUT2D eigenvalue weighted by Gasteiger charge is 2.37. The van der Waals surface area contributed by atoms with Crippen LogP contribution in [0.25, 0.3) is 11.8 Å². The van der Waals surface area contributed by atoms with E-state index in [-0.39, 0.29) is 22.6 Å². The molecule has 0 spiro atoms. The highest BCUT2D eigenvalue weighted by molar-refractivity contribution is 6.39. The first-order valence-electron chi connectivity index (χ1n) is 10.3. The number of nitrogens with zero attached hydrogens (tertiary/aromatic N) is 3. The summed E-state index contributed by atoms with van der Waals surface area (Å²) in [5.74, 6) is -2.00. The number of carbonyl (C=O) groups is 3. The van der Waals surface area contributed by atoms with Crippen molar-refractivity contribution in [2.45, 2.75) is 13.8 Å². The molecule has 0 radical (unpaired) electrons. The van der Waals surface area contributed by atoms with Gasteiger partial charge in [-0.05, 0) is 68.0 Å². The lowest BCUT2D eigenvalue weighted by Crippen LogP contribution is -2.54. The minimum absolute atomic E-state index is 0.0895. The molecule has 0 aliphatic carbocycles. The standard InChI is InChI=1S/C24H19FN4O6/c1-13-10-15(14(2)27(13)20-9-8-18(35-3)12-21(20)29(33)34)11-19-22(30)26-24(32)28(23(19)31)17-6-4-16(25)5-7-17/h4-12H,1-3H3,(H,26,30,32)/b19-11+. The van der Waals surface area contributed by atoms with E-state index < -0.39 is 28.6 Å². The van der Waals surface area contributed by atoms with Crippen LogP contribution >= 0.6 is 0 Å². The highest BCUT2D eigenvalue weighted by Crippen LogP contribution is 2.32. The monoisotopic (exact) mass is 478 g/mol. The van der Waals surface area contributed by atoms with Crippen LogP contribution in [0, 0.1) is 29.8 Å². The Morgan fingerprint density at radius 3 is 2.37 bits per heavy atom. The van der Waals surface area contributed by atoms with Crippen molar-refractivity contribution in [1.82, 2.24) is 9.88 Å². The predicted molar refractivity (Wildman–Crippen MR) is 124 cm³/mol. The van der Waals surface area contributed by atoms with Gasteiger partial charge in [-0.15, -0.1) is 0 Å². The van der Waals surface area contributed by atoms with Crippen molar-refractivity contribution in [3.05, 3.63) is 87.0 Å². The van der Waals surface area contributed by atoms with E-state index in [9.17, 15) is 28.9 Å². The number of aromatic nitrogens is 1. The second kappa shape index (κ2) is 8.86. The average molecular weight is 478 g/mol. The summed E-state index contributed by atoms with van der Waals surface area (Å²) in [4.78, 5) is 49.8. The molecule has 1 saturated heterocycles. The van der Waals surface area contributed by atoms with E-state index in [1.165, 1.54) is 31.4 Å². The predicted octanol–water partition coefficient (Wildman–Crippen LogP) is 3.82. The topological polar surface area (TPSA) is 124 Å². The lowest BCUT2D eigenvalue weighted by Gasteiger charge is -2.26. The Labute approximate surface area is 198 Å². The number of amides is 4. The van der Waals surface area contributed by atoms with Crippen molar-refractivity contribution in [2.75, 3.05) is 12.0 Å². The SMILES string of the molecule is COc1ccc(-n2c(C)cc(/C=C3\C(=O)NC(=O)N(c4ccc(F)cc4)C3=O)c2C)c([N+](=O)[O-])c1. The number of nitro groups is 1. The summed E-state index contributed by atoms with van der Waals surface area (Å²) < 4.78 is 20.0. The molecule has 4 rings (SSSR count). The minimum Gasteiger partial charge on any atom is -0.496 e. The second-order valence-corrected chi connectivity index (χ2v) is 7.71. The Balaban J connectivity index is 1.79. The van der Waals surface area contributed by atoms with E-state index in [2.05, 4.69) is 5.32 Å². The molecule has 0 atom stereocenters. The molecule has 3 aromatic rings. The summed E-state index contributed by atoms with van der Waals surface area (Å²) in [7, 11) is 1.40. The normalized spacial score (nSPS) is 14.9. The first-order chi connectivity index (χ1) is 16.6. The van der Waals surface area contributed by atoms with Crippen LogP contribution in [-0.4, -0.2) is 34.4 Å². The number of urea groups is 1. The number of imide groups is 2. The van der Waals surface area contributed by atoms with Crippen molar-refractivity contribution in [1.29, 1.82) is 0 Å². The number of nitrogens with one attached hydrogen (secondary N) is 1. The van der Waals surface area contributed by atoms with Crippen LogP contribution in [-0.2, 0) is 9.59 Å². The molecule has 1 aliphatic heterocycles. The third-order valence-electron chi connectivity index (χ3n) is 5.58. The van der Waals surface area contributed by atoms with Gasteiger partial charge in [0.25, 0.3) is 17.5 Å². The largest absolute Gasteiger partial charge is 0.496 e. The number of benzene rings is 2. The molecule has 1 N–H and O–H groups in total. The maximum absolute atomic E-state index is 13.3. The number of carbonyl (C=O) groups excluding carboxylic acids is 3. The maximum atomic E-state index is 13.3. The maximum Gasteiger partial charge on any atom is 0.335 e. The fourth-order valence-electron chi connectivity index (χ4n) is 3.91. The Kier molecular flexibility index (Phi) is 5.91. The molecule has 0 unspecified atom stereocenters. The van der Waals surface area contributed by atoms with Gasteiger partial charge in [0.15, 0.2) is 0 Å².